The molecule has 0 aromatic heterocycles. The van der Waals surface area contributed by atoms with Gasteiger partial charge < -0.3 is 20.7 Å². The van der Waals surface area contributed by atoms with Crippen molar-refractivity contribution in [3.8, 4) is 0 Å². The van der Waals surface area contributed by atoms with Gasteiger partial charge >= 0.3 is 0 Å². The van der Waals surface area contributed by atoms with E-state index in [9.17, 15) is 9.18 Å². The Labute approximate surface area is 152 Å². The van der Waals surface area contributed by atoms with Crippen molar-refractivity contribution >= 4 is 17.3 Å². The highest BCUT2D eigenvalue weighted by Crippen LogP contribution is 2.28. The predicted octanol–water partition coefficient (Wildman–Crippen LogP) is 3.08. The number of carbonyl (C=O) groups excluding carboxylic acids is 1. The third-order valence-corrected chi connectivity index (χ3v) is 4.44. The molecular weight excluding hydrogens is 333 g/mol. The summed E-state index contributed by atoms with van der Waals surface area (Å²) in [5, 5.41) is 3.03. The highest BCUT2D eigenvalue weighted by Gasteiger charge is 2.25. The fourth-order valence-corrected chi connectivity index (χ4v) is 3.36. The quantitative estimate of drug-likeness (QED) is 0.863. The zero-order valence-corrected chi connectivity index (χ0v) is 15.0. The second-order valence-electron chi connectivity index (χ2n) is 6.72. The lowest BCUT2D eigenvalue weighted by atomic mass is 10.1. The van der Waals surface area contributed by atoms with E-state index in [-0.39, 0.29) is 18.0 Å². The molecule has 0 bridgehead atoms. The average molecular weight is 357 g/mol. The Bertz CT molecular complexity index is 759. The third kappa shape index (κ3) is 4.14. The van der Waals surface area contributed by atoms with Crippen molar-refractivity contribution in [2.45, 2.75) is 32.1 Å². The zero-order chi connectivity index (χ0) is 18.7. The van der Waals surface area contributed by atoms with Gasteiger partial charge in [0.05, 0.1) is 17.9 Å². The minimum atomic E-state index is -0.718. The van der Waals surface area contributed by atoms with E-state index in [0.717, 1.165) is 5.56 Å². The fourth-order valence-electron chi connectivity index (χ4n) is 3.36. The van der Waals surface area contributed by atoms with E-state index in [0.29, 0.717) is 24.5 Å². The van der Waals surface area contributed by atoms with Crippen LogP contribution in [0.2, 0.25) is 0 Å². The van der Waals surface area contributed by atoms with Crippen LogP contribution in [0.4, 0.5) is 15.8 Å². The van der Waals surface area contributed by atoms with Gasteiger partial charge in [0.25, 0.3) is 0 Å². The molecule has 0 radical (unpaired) electrons. The van der Waals surface area contributed by atoms with Gasteiger partial charge in [-0.1, -0.05) is 30.3 Å². The maximum Gasteiger partial charge on any atom is 0.244 e. The van der Waals surface area contributed by atoms with Gasteiger partial charge in [-0.15, -0.1) is 0 Å². The van der Waals surface area contributed by atoms with Crippen LogP contribution >= 0.6 is 0 Å². The molecule has 5 nitrogen and oxygen atoms in total. The van der Waals surface area contributed by atoms with E-state index >= 15 is 0 Å². The zero-order valence-electron chi connectivity index (χ0n) is 15.0. The van der Waals surface area contributed by atoms with Crippen LogP contribution in [0.1, 0.15) is 25.5 Å². The summed E-state index contributed by atoms with van der Waals surface area (Å²) in [5.74, 6) is -0.857. The molecule has 1 aliphatic rings. The molecule has 1 fully saturated rings. The smallest absolute Gasteiger partial charge is 0.244 e. The van der Waals surface area contributed by atoms with E-state index < -0.39 is 11.9 Å². The highest BCUT2D eigenvalue weighted by molar-refractivity contribution is 5.84. The molecule has 3 atom stereocenters. The minimum Gasteiger partial charge on any atom is -0.372 e. The largest absolute Gasteiger partial charge is 0.372 e. The topological polar surface area (TPSA) is 67.6 Å². The maximum absolute atomic E-state index is 14.7. The van der Waals surface area contributed by atoms with Crippen LogP contribution in [0.25, 0.3) is 0 Å². The van der Waals surface area contributed by atoms with E-state index in [4.69, 9.17) is 10.5 Å². The first kappa shape index (κ1) is 18.2. The van der Waals surface area contributed by atoms with E-state index in [1.807, 2.05) is 49.1 Å². The number of nitrogens with zero attached hydrogens (tertiary/aromatic N) is 1. The van der Waals surface area contributed by atoms with Crippen molar-refractivity contribution in [1.82, 2.24) is 0 Å². The second-order valence-corrected chi connectivity index (χ2v) is 6.72. The molecule has 26 heavy (non-hydrogen) atoms. The molecule has 1 saturated heterocycles. The summed E-state index contributed by atoms with van der Waals surface area (Å²) >= 11 is 0. The number of ether oxygens (including phenoxy) is 1. The molecule has 2 aromatic rings. The van der Waals surface area contributed by atoms with Crippen LogP contribution in [0.5, 0.6) is 0 Å². The Kier molecular flexibility index (Phi) is 5.42. The first-order chi connectivity index (χ1) is 12.4. The molecule has 6 heteroatoms. The van der Waals surface area contributed by atoms with Crippen molar-refractivity contribution in [2.24, 2.45) is 5.73 Å². The Balaban J connectivity index is 1.79. The van der Waals surface area contributed by atoms with Gasteiger partial charge in [-0.25, -0.2) is 4.39 Å². The van der Waals surface area contributed by atoms with Crippen LogP contribution < -0.4 is 16.0 Å². The van der Waals surface area contributed by atoms with E-state index in [2.05, 4.69) is 5.32 Å². The summed E-state index contributed by atoms with van der Waals surface area (Å²) in [6.07, 6.45) is 0.0987. The monoisotopic (exact) mass is 357 g/mol. The lowest BCUT2D eigenvalue weighted by molar-refractivity contribution is -0.118. The molecule has 2 aromatic carbocycles. The Hall–Kier alpha value is -2.60. The normalized spacial score (nSPS) is 21.3. The number of carbonyl (C=O) groups is 1. The molecule has 0 spiro atoms. The summed E-state index contributed by atoms with van der Waals surface area (Å²) in [6.45, 7) is 5.24. The first-order valence-electron chi connectivity index (χ1n) is 8.75. The average Bonchev–Trinajstić information content (AvgIpc) is 2.59. The molecule has 138 valence electrons. The van der Waals surface area contributed by atoms with Gasteiger partial charge in [0.15, 0.2) is 0 Å². The lowest BCUT2D eigenvalue weighted by Gasteiger charge is -2.37. The molecular formula is C20H24FN3O2. The number of nitrogens with two attached hydrogens (primary N) is 1. The van der Waals surface area contributed by atoms with Gasteiger partial charge in [-0.3, -0.25) is 4.79 Å². The number of rotatable bonds is 5. The predicted molar refractivity (Wildman–Crippen MR) is 101 cm³/mol. The summed E-state index contributed by atoms with van der Waals surface area (Å²) in [4.78, 5) is 13.8. The lowest BCUT2D eigenvalue weighted by Crippen LogP contribution is -2.45. The van der Waals surface area contributed by atoms with Crippen LogP contribution in [0, 0.1) is 5.82 Å². The molecule has 3 rings (SSSR count). The number of amides is 1. The maximum atomic E-state index is 14.7. The number of halogens is 1. The van der Waals surface area contributed by atoms with Crippen LogP contribution in [0.3, 0.4) is 0 Å². The van der Waals surface area contributed by atoms with Crippen LogP contribution in [-0.2, 0) is 9.53 Å². The van der Waals surface area contributed by atoms with Crippen molar-refractivity contribution < 1.29 is 13.9 Å². The van der Waals surface area contributed by atoms with Crippen LogP contribution in [-0.4, -0.2) is 31.2 Å². The SMILES string of the molecule is C[C@@H]1CN(c2ccc(N[C@H](C(N)=O)c3ccccc3)cc2F)C[C@@H](C)O1. The van der Waals surface area contributed by atoms with Gasteiger partial charge in [0, 0.05) is 18.8 Å². The number of anilines is 2. The standard InChI is InChI=1S/C20H24FN3O2/c1-13-11-24(12-14(2)26-13)18-9-8-16(10-17(18)21)23-19(20(22)25)15-6-4-3-5-7-15/h3-10,13-14,19,23H,11-12H2,1-2H3,(H2,22,25)/t13-,14-,19+/m1/s1. The summed E-state index contributed by atoms with van der Waals surface area (Å²) < 4.78 is 20.4. The van der Waals surface area contributed by atoms with E-state index in [1.165, 1.54) is 6.07 Å². The minimum absolute atomic E-state index is 0.0493. The number of primary amides is 1. The molecule has 3 N–H and O–H groups in total. The van der Waals surface area contributed by atoms with Gasteiger partial charge in [-0.2, -0.15) is 0 Å². The van der Waals surface area contributed by atoms with Crippen LogP contribution in [0.15, 0.2) is 48.5 Å². The van der Waals surface area contributed by atoms with Crippen molar-refractivity contribution in [3.63, 3.8) is 0 Å². The molecule has 1 amide bonds. The summed E-state index contributed by atoms with van der Waals surface area (Å²) in [7, 11) is 0. The molecule has 1 heterocycles. The molecule has 0 saturated carbocycles. The first-order valence-corrected chi connectivity index (χ1v) is 8.75. The third-order valence-electron chi connectivity index (χ3n) is 4.44. The Morgan fingerprint density at radius 3 is 2.42 bits per heavy atom. The number of morpholine rings is 1. The molecule has 0 aliphatic carbocycles. The van der Waals surface area contributed by atoms with Gasteiger partial charge in [0.2, 0.25) is 5.91 Å². The Morgan fingerprint density at radius 2 is 1.85 bits per heavy atom. The summed E-state index contributed by atoms with van der Waals surface area (Å²) in [6, 6.07) is 13.3. The number of hydrogen-bond acceptors (Lipinski definition) is 4. The summed E-state index contributed by atoms with van der Waals surface area (Å²) in [5.41, 5.74) is 7.29. The number of nitrogens with one attached hydrogen (secondary N) is 1. The van der Waals surface area contributed by atoms with Crippen molar-refractivity contribution in [2.75, 3.05) is 23.3 Å². The van der Waals surface area contributed by atoms with Gasteiger partial charge in [-0.05, 0) is 37.6 Å². The second kappa shape index (κ2) is 7.74. The van der Waals surface area contributed by atoms with Crippen molar-refractivity contribution in [3.05, 3.63) is 59.9 Å². The fraction of sp³-hybridized carbons (Fsp3) is 0.350. The van der Waals surface area contributed by atoms with Gasteiger partial charge in [0.1, 0.15) is 11.9 Å². The Morgan fingerprint density at radius 1 is 1.19 bits per heavy atom. The van der Waals surface area contributed by atoms with E-state index in [1.54, 1.807) is 12.1 Å². The number of hydrogen-bond donors (Lipinski definition) is 2. The highest BCUT2D eigenvalue weighted by atomic mass is 19.1. The molecule has 1 aliphatic heterocycles. The molecule has 0 unspecified atom stereocenters. The van der Waals surface area contributed by atoms with Crippen molar-refractivity contribution in [1.29, 1.82) is 0 Å². The number of benzene rings is 2.